The smallest absolute Gasteiger partial charge is 0.0722 e. The summed E-state index contributed by atoms with van der Waals surface area (Å²) in [5.41, 5.74) is 4.98. The highest BCUT2D eigenvalue weighted by molar-refractivity contribution is 9.10. The molecule has 84 valence electrons. The summed E-state index contributed by atoms with van der Waals surface area (Å²) in [4.78, 5) is 4.68. The highest BCUT2D eigenvalue weighted by Crippen LogP contribution is 2.22. The van der Waals surface area contributed by atoms with Crippen molar-refractivity contribution in [1.29, 1.82) is 0 Å². The van der Waals surface area contributed by atoms with Crippen LogP contribution in [0.2, 0.25) is 0 Å². The lowest BCUT2D eigenvalue weighted by Gasteiger charge is -2.17. The van der Waals surface area contributed by atoms with Crippen molar-refractivity contribution in [3.8, 4) is 0 Å². The molecule has 0 amide bonds. The van der Waals surface area contributed by atoms with Crippen molar-refractivity contribution < 1.29 is 0 Å². The van der Waals surface area contributed by atoms with Gasteiger partial charge in [-0.2, -0.15) is 0 Å². The molecule has 0 aliphatic carbocycles. The van der Waals surface area contributed by atoms with E-state index in [1.54, 1.807) is 0 Å². The van der Waals surface area contributed by atoms with Gasteiger partial charge < -0.3 is 0 Å². The fourth-order valence-corrected chi connectivity index (χ4v) is 2.62. The third-order valence-electron chi connectivity index (χ3n) is 3.02. The van der Waals surface area contributed by atoms with E-state index in [0.717, 1.165) is 23.1 Å². The lowest BCUT2D eigenvalue weighted by molar-refractivity contribution is 0.944. The maximum absolute atomic E-state index is 4.68. The molecule has 1 aliphatic rings. The van der Waals surface area contributed by atoms with Gasteiger partial charge in [0.15, 0.2) is 0 Å². The van der Waals surface area contributed by atoms with Crippen molar-refractivity contribution in [3.05, 3.63) is 69.7 Å². The van der Waals surface area contributed by atoms with Crippen LogP contribution < -0.4 is 0 Å². The maximum Gasteiger partial charge on any atom is 0.0722 e. The standard InChI is InChI=1S/C15H12BrN/c16-13-6-3-5-12(10-13)15-14-7-2-1-4-11(14)8-9-17-15/h1-7,10H,8-9H2. The molecule has 17 heavy (non-hydrogen) atoms. The highest BCUT2D eigenvalue weighted by atomic mass is 79.9. The third-order valence-corrected chi connectivity index (χ3v) is 3.51. The Morgan fingerprint density at radius 1 is 1.00 bits per heavy atom. The van der Waals surface area contributed by atoms with Gasteiger partial charge in [0.1, 0.15) is 0 Å². The van der Waals surface area contributed by atoms with E-state index in [2.05, 4.69) is 63.4 Å². The Hall–Kier alpha value is -1.41. The fourth-order valence-electron chi connectivity index (χ4n) is 2.23. The van der Waals surface area contributed by atoms with Crippen LogP contribution in [-0.4, -0.2) is 12.3 Å². The quantitative estimate of drug-likeness (QED) is 0.755. The summed E-state index contributed by atoms with van der Waals surface area (Å²) >= 11 is 3.51. The number of hydrogen-bond donors (Lipinski definition) is 0. The van der Waals surface area contributed by atoms with Crippen LogP contribution in [-0.2, 0) is 6.42 Å². The number of hydrogen-bond acceptors (Lipinski definition) is 1. The molecule has 0 saturated heterocycles. The van der Waals surface area contributed by atoms with Gasteiger partial charge in [-0.25, -0.2) is 0 Å². The van der Waals surface area contributed by atoms with Gasteiger partial charge in [0.05, 0.1) is 5.71 Å². The molecular formula is C15H12BrN. The number of fused-ring (bicyclic) bond motifs is 1. The van der Waals surface area contributed by atoms with Crippen molar-refractivity contribution in [1.82, 2.24) is 0 Å². The van der Waals surface area contributed by atoms with Crippen LogP contribution in [0, 0.1) is 0 Å². The van der Waals surface area contributed by atoms with Gasteiger partial charge in [0.25, 0.3) is 0 Å². The maximum atomic E-state index is 4.68. The minimum atomic E-state index is 0.888. The first-order valence-corrected chi connectivity index (χ1v) is 6.52. The average Bonchev–Trinajstić information content (AvgIpc) is 2.38. The molecule has 1 heterocycles. The first kappa shape index (κ1) is 10.7. The highest BCUT2D eigenvalue weighted by Gasteiger charge is 2.14. The van der Waals surface area contributed by atoms with Gasteiger partial charge >= 0.3 is 0 Å². The second-order valence-electron chi connectivity index (χ2n) is 4.15. The van der Waals surface area contributed by atoms with E-state index in [1.807, 2.05) is 6.07 Å². The molecule has 1 aliphatic heterocycles. The minimum Gasteiger partial charge on any atom is -0.284 e. The molecule has 0 spiro atoms. The van der Waals surface area contributed by atoms with Crippen molar-refractivity contribution >= 4 is 21.6 Å². The van der Waals surface area contributed by atoms with Crippen LogP contribution in [0.3, 0.4) is 0 Å². The normalized spacial score (nSPS) is 14.1. The molecule has 0 fully saturated rings. The van der Waals surface area contributed by atoms with E-state index < -0.39 is 0 Å². The summed E-state index contributed by atoms with van der Waals surface area (Å²) in [6.07, 6.45) is 1.05. The molecule has 2 aromatic carbocycles. The summed E-state index contributed by atoms with van der Waals surface area (Å²) in [5, 5.41) is 0. The number of rotatable bonds is 1. The van der Waals surface area contributed by atoms with E-state index in [0.29, 0.717) is 0 Å². The van der Waals surface area contributed by atoms with Crippen LogP contribution in [0.15, 0.2) is 58.0 Å². The second kappa shape index (κ2) is 4.46. The molecule has 3 rings (SSSR count). The Labute approximate surface area is 109 Å². The first-order valence-electron chi connectivity index (χ1n) is 5.73. The summed E-state index contributed by atoms with van der Waals surface area (Å²) in [6, 6.07) is 16.9. The molecule has 0 radical (unpaired) electrons. The Balaban J connectivity index is 2.13. The van der Waals surface area contributed by atoms with Gasteiger partial charge in [-0.3, -0.25) is 4.99 Å². The Kier molecular flexibility index (Phi) is 2.81. The predicted molar refractivity (Wildman–Crippen MR) is 74.8 cm³/mol. The Morgan fingerprint density at radius 3 is 2.76 bits per heavy atom. The molecule has 0 bridgehead atoms. The van der Waals surface area contributed by atoms with E-state index in [9.17, 15) is 0 Å². The summed E-state index contributed by atoms with van der Waals surface area (Å²) in [6.45, 7) is 0.888. The van der Waals surface area contributed by atoms with E-state index in [1.165, 1.54) is 16.7 Å². The van der Waals surface area contributed by atoms with Gasteiger partial charge in [0, 0.05) is 22.1 Å². The largest absolute Gasteiger partial charge is 0.284 e. The number of halogens is 1. The van der Waals surface area contributed by atoms with Crippen LogP contribution >= 0.6 is 15.9 Å². The van der Waals surface area contributed by atoms with Crippen LogP contribution in [0.25, 0.3) is 0 Å². The summed E-state index contributed by atoms with van der Waals surface area (Å²) in [7, 11) is 0. The lowest BCUT2D eigenvalue weighted by atomic mass is 9.93. The molecule has 1 nitrogen and oxygen atoms in total. The summed E-state index contributed by atoms with van der Waals surface area (Å²) < 4.78 is 1.10. The number of nitrogens with zero attached hydrogens (tertiary/aromatic N) is 1. The van der Waals surface area contributed by atoms with E-state index >= 15 is 0 Å². The zero-order chi connectivity index (χ0) is 11.7. The van der Waals surface area contributed by atoms with Crippen molar-refractivity contribution in [2.45, 2.75) is 6.42 Å². The molecular weight excluding hydrogens is 274 g/mol. The molecule has 0 saturated carbocycles. The van der Waals surface area contributed by atoms with Gasteiger partial charge in [-0.15, -0.1) is 0 Å². The first-order chi connectivity index (χ1) is 8.34. The molecule has 2 heteroatoms. The van der Waals surface area contributed by atoms with Gasteiger partial charge in [-0.1, -0.05) is 52.3 Å². The van der Waals surface area contributed by atoms with Gasteiger partial charge in [-0.05, 0) is 24.1 Å². The van der Waals surface area contributed by atoms with Crippen LogP contribution in [0.4, 0.5) is 0 Å². The minimum absolute atomic E-state index is 0.888. The number of benzene rings is 2. The average molecular weight is 286 g/mol. The monoisotopic (exact) mass is 285 g/mol. The zero-order valence-corrected chi connectivity index (χ0v) is 10.9. The molecule has 0 aromatic heterocycles. The zero-order valence-electron chi connectivity index (χ0n) is 9.36. The fraction of sp³-hybridized carbons (Fsp3) is 0.133. The van der Waals surface area contributed by atoms with E-state index in [-0.39, 0.29) is 0 Å². The Bertz CT molecular complexity index is 587. The molecule has 0 atom stereocenters. The molecule has 0 N–H and O–H groups in total. The second-order valence-corrected chi connectivity index (χ2v) is 5.06. The molecule has 0 unspecified atom stereocenters. The summed E-state index contributed by atoms with van der Waals surface area (Å²) in [5.74, 6) is 0. The Morgan fingerprint density at radius 2 is 1.88 bits per heavy atom. The van der Waals surface area contributed by atoms with Crippen LogP contribution in [0.1, 0.15) is 16.7 Å². The van der Waals surface area contributed by atoms with Crippen LogP contribution in [0.5, 0.6) is 0 Å². The third kappa shape index (κ3) is 2.05. The molecule has 2 aromatic rings. The number of aliphatic imine (C=N–C) groups is 1. The van der Waals surface area contributed by atoms with Crippen molar-refractivity contribution in [2.24, 2.45) is 4.99 Å². The van der Waals surface area contributed by atoms with Gasteiger partial charge in [0.2, 0.25) is 0 Å². The SMILES string of the molecule is Brc1cccc(C2=NCCc3ccccc32)c1. The van der Waals surface area contributed by atoms with Crippen molar-refractivity contribution in [3.63, 3.8) is 0 Å². The predicted octanol–water partition coefficient (Wildman–Crippen LogP) is 3.84. The van der Waals surface area contributed by atoms with Crippen molar-refractivity contribution in [2.75, 3.05) is 6.54 Å². The topological polar surface area (TPSA) is 12.4 Å². The van der Waals surface area contributed by atoms with E-state index in [4.69, 9.17) is 0 Å². The lowest BCUT2D eigenvalue weighted by Crippen LogP contribution is -2.13.